The van der Waals surface area contributed by atoms with Gasteiger partial charge in [0.15, 0.2) is 11.6 Å². The molecule has 6 heteroatoms. The predicted octanol–water partition coefficient (Wildman–Crippen LogP) is -0.0807. The molecule has 1 amide bonds. The molecule has 90 valence electrons. The molecule has 17 heavy (non-hydrogen) atoms. The van der Waals surface area contributed by atoms with E-state index in [1.165, 1.54) is 17.4 Å². The van der Waals surface area contributed by atoms with Gasteiger partial charge in [0.05, 0.1) is 12.7 Å². The number of hydrogen-bond acceptors (Lipinski definition) is 5. The summed E-state index contributed by atoms with van der Waals surface area (Å²) in [5, 5.41) is 0. The molecule has 0 saturated heterocycles. The van der Waals surface area contributed by atoms with Crippen LogP contribution < -0.4 is 10.5 Å². The number of nitrogen functional groups attached to an aromatic ring is 1. The topological polar surface area (TPSA) is 81.3 Å². The van der Waals surface area contributed by atoms with Crippen LogP contribution in [0, 0.1) is 11.8 Å². The Balaban J connectivity index is 2.40. The first-order valence-electron chi connectivity index (χ1n) is 5.01. The van der Waals surface area contributed by atoms with E-state index in [2.05, 4.69) is 21.8 Å². The number of carbonyl (C=O) groups excluding carboxylic acids is 1. The van der Waals surface area contributed by atoms with Gasteiger partial charge in [-0.05, 0) is 12.8 Å². The number of aromatic nitrogens is 2. The molecular formula is C11H14N4O2. The van der Waals surface area contributed by atoms with Crippen molar-refractivity contribution in [1.82, 2.24) is 14.9 Å². The van der Waals surface area contributed by atoms with E-state index in [4.69, 9.17) is 10.5 Å². The van der Waals surface area contributed by atoms with Gasteiger partial charge in [-0.2, -0.15) is 0 Å². The highest BCUT2D eigenvalue weighted by molar-refractivity contribution is 5.93. The smallest absolute Gasteiger partial charge is 0.298 e. The van der Waals surface area contributed by atoms with Crippen LogP contribution in [0.4, 0.5) is 5.82 Å². The van der Waals surface area contributed by atoms with Gasteiger partial charge in [0.2, 0.25) is 0 Å². The molecular weight excluding hydrogens is 220 g/mol. The maximum Gasteiger partial charge on any atom is 0.298 e. The van der Waals surface area contributed by atoms with Crippen LogP contribution in [0.1, 0.15) is 6.92 Å². The van der Waals surface area contributed by atoms with Crippen molar-refractivity contribution in [2.24, 2.45) is 0 Å². The second-order valence-corrected chi connectivity index (χ2v) is 3.22. The van der Waals surface area contributed by atoms with Crippen molar-refractivity contribution in [2.75, 3.05) is 25.9 Å². The van der Waals surface area contributed by atoms with Gasteiger partial charge in [-0.1, -0.05) is 5.92 Å². The minimum atomic E-state index is -0.242. The molecule has 0 atom stereocenters. The number of anilines is 1. The zero-order chi connectivity index (χ0) is 12.7. The number of amides is 1. The Kier molecular flexibility index (Phi) is 4.76. The summed E-state index contributed by atoms with van der Waals surface area (Å²) in [7, 11) is 1.65. The Hall–Kier alpha value is -2.29. The molecule has 0 aliphatic carbocycles. The maximum absolute atomic E-state index is 11.3. The number of nitrogens with zero attached hydrogens (tertiary/aromatic N) is 3. The van der Waals surface area contributed by atoms with Crippen LogP contribution in [-0.4, -0.2) is 41.0 Å². The molecule has 0 aromatic carbocycles. The van der Waals surface area contributed by atoms with Crippen LogP contribution in [0.3, 0.4) is 0 Å². The maximum atomic E-state index is 11.3. The Morgan fingerprint density at radius 1 is 1.65 bits per heavy atom. The molecule has 1 aromatic rings. The van der Waals surface area contributed by atoms with Crippen molar-refractivity contribution >= 4 is 11.7 Å². The van der Waals surface area contributed by atoms with Crippen LogP contribution >= 0.6 is 0 Å². The Bertz CT molecular complexity index is 450. The van der Waals surface area contributed by atoms with Crippen molar-refractivity contribution < 1.29 is 9.53 Å². The summed E-state index contributed by atoms with van der Waals surface area (Å²) in [5.41, 5.74) is 5.57. The van der Waals surface area contributed by atoms with Crippen LogP contribution in [0.25, 0.3) is 0 Å². The summed E-state index contributed by atoms with van der Waals surface area (Å²) in [6, 6.07) is 0. The van der Waals surface area contributed by atoms with E-state index in [0.29, 0.717) is 18.9 Å². The highest BCUT2D eigenvalue weighted by Crippen LogP contribution is 2.14. The second-order valence-electron chi connectivity index (χ2n) is 3.22. The zero-order valence-electron chi connectivity index (χ0n) is 9.80. The fourth-order valence-electron chi connectivity index (χ4n) is 1.03. The Labute approximate surface area is 99.8 Å². The van der Waals surface area contributed by atoms with Crippen LogP contribution in [0.5, 0.6) is 5.75 Å². The first-order chi connectivity index (χ1) is 8.15. The van der Waals surface area contributed by atoms with Gasteiger partial charge in [0.25, 0.3) is 5.91 Å². The number of nitrogens with two attached hydrogens (primary N) is 1. The standard InChI is InChI=1S/C11H14N4O2/c1-3-4-10(16)15(2)5-6-17-9-7-13-8-14-11(9)12/h7-8H,5-6H2,1-2H3,(H2,12,13,14). The molecule has 0 spiro atoms. The predicted molar refractivity (Wildman–Crippen MR) is 63.0 cm³/mol. The highest BCUT2D eigenvalue weighted by atomic mass is 16.5. The van der Waals surface area contributed by atoms with Gasteiger partial charge in [0, 0.05) is 7.05 Å². The molecule has 0 bridgehead atoms. The zero-order valence-corrected chi connectivity index (χ0v) is 9.80. The lowest BCUT2D eigenvalue weighted by Crippen LogP contribution is -2.29. The van der Waals surface area contributed by atoms with Crippen LogP contribution in [-0.2, 0) is 4.79 Å². The fraction of sp³-hybridized carbons (Fsp3) is 0.364. The van der Waals surface area contributed by atoms with E-state index in [0.717, 1.165) is 0 Å². The van der Waals surface area contributed by atoms with E-state index in [1.807, 2.05) is 0 Å². The third kappa shape index (κ3) is 3.99. The quantitative estimate of drug-likeness (QED) is 0.737. The van der Waals surface area contributed by atoms with E-state index >= 15 is 0 Å². The van der Waals surface area contributed by atoms with Crippen molar-refractivity contribution in [3.8, 4) is 17.6 Å². The van der Waals surface area contributed by atoms with Gasteiger partial charge in [0.1, 0.15) is 12.9 Å². The number of carbonyl (C=O) groups is 1. The molecule has 1 aromatic heterocycles. The molecule has 0 aliphatic rings. The molecule has 0 fully saturated rings. The second kappa shape index (κ2) is 6.33. The van der Waals surface area contributed by atoms with Gasteiger partial charge in [-0.15, -0.1) is 0 Å². The monoisotopic (exact) mass is 234 g/mol. The summed E-state index contributed by atoms with van der Waals surface area (Å²) < 4.78 is 5.34. The lowest BCUT2D eigenvalue weighted by Gasteiger charge is -2.14. The molecule has 0 unspecified atom stereocenters. The van der Waals surface area contributed by atoms with Crippen LogP contribution in [0.15, 0.2) is 12.5 Å². The van der Waals surface area contributed by atoms with E-state index in [1.54, 1.807) is 14.0 Å². The van der Waals surface area contributed by atoms with Crippen LogP contribution in [0.2, 0.25) is 0 Å². The number of likely N-dealkylation sites (N-methyl/N-ethyl adjacent to an activating group) is 1. The van der Waals surface area contributed by atoms with Gasteiger partial charge < -0.3 is 15.4 Å². The number of rotatable bonds is 4. The molecule has 6 nitrogen and oxygen atoms in total. The third-order valence-electron chi connectivity index (χ3n) is 1.97. The average molecular weight is 234 g/mol. The summed E-state index contributed by atoms with van der Waals surface area (Å²) in [6.45, 7) is 2.34. The average Bonchev–Trinajstić information content (AvgIpc) is 2.31. The van der Waals surface area contributed by atoms with Gasteiger partial charge in [-0.3, -0.25) is 4.79 Å². The molecule has 0 radical (unpaired) electrons. The molecule has 0 saturated carbocycles. The van der Waals surface area contributed by atoms with Gasteiger partial charge >= 0.3 is 0 Å². The Morgan fingerprint density at radius 3 is 3.06 bits per heavy atom. The fourth-order valence-corrected chi connectivity index (χ4v) is 1.03. The normalized spacial score (nSPS) is 9.06. The Morgan fingerprint density at radius 2 is 2.41 bits per heavy atom. The number of hydrogen-bond donors (Lipinski definition) is 1. The van der Waals surface area contributed by atoms with E-state index in [-0.39, 0.29) is 11.7 Å². The minimum Gasteiger partial charge on any atom is -0.486 e. The SMILES string of the molecule is CC#CC(=O)N(C)CCOc1cncnc1N. The molecule has 1 heterocycles. The summed E-state index contributed by atoms with van der Waals surface area (Å²) >= 11 is 0. The minimum absolute atomic E-state index is 0.242. The molecule has 0 aliphatic heterocycles. The van der Waals surface area contributed by atoms with Crippen molar-refractivity contribution in [1.29, 1.82) is 0 Å². The summed E-state index contributed by atoms with van der Waals surface area (Å²) in [6.07, 6.45) is 2.82. The first-order valence-corrected chi connectivity index (χ1v) is 5.01. The van der Waals surface area contributed by atoms with E-state index in [9.17, 15) is 4.79 Å². The first kappa shape index (κ1) is 12.8. The van der Waals surface area contributed by atoms with Gasteiger partial charge in [-0.25, -0.2) is 9.97 Å². The lowest BCUT2D eigenvalue weighted by atomic mass is 10.5. The molecule has 1 rings (SSSR count). The van der Waals surface area contributed by atoms with Crippen molar-refractivity contribution in [2.45, 2.75) is 6.92 Å². The molecule has 2 N–H and O–H groups in total. The third-order valence-corrected chi connectivity index (χ3v) is 1.97. The summed E-state index contributed by atoms with van der Waals surface area (Å²) in [4.78, 5) is 20.3. The van der Waals surface area contributed by atoms with E-state index < -0.39 is 0 Å². The van der Waals surface area contributed by atoms with Crippen molar-refractivity contribution in [3.05, 3.63) is 12.5 Å². The lowest BCUT2D eigenvalue weighted by molar-refractivity contribution is -0.124. The number of ether oxygens (including phenoxy) is 1. The largest absolute Gasteiger partial charge is 0.486 e. The highest BCUT2D eigenvalue weighted by Gasteiger charge is 2.06. The summed E-state index contributed by atoms with van der Waals surface area (Å²) in [5.74, 6) is 5.43. The van der Waals surface area contributed by atoms with Crippen molar-refractivity contribution in [3.63, 3.8) is 0 Å².